The van der Waals surface area contributed by atoms with Gasteiger partial charge in [-0.2, -0.15) is 0 Å². The molecule has 0 atom stereocenters. The number of non-ortho nitro benzene ring substituents is 2. The van der Waals surface area contributed by atoms with Gasteiger partial charge in [0.2, 0.25) is 0 Å². The normalized spacial score (nSPS) is 9.32. The van der Waals surface area contributed by atoms with Gasteiger partial charge in [0.25, 0.3) is 17.1 Å². The average molecular weight is 326 g/mol. The first kappa shape index (κ1) is 17.0. The summed E-state index contributed by atoms with van der Waals surface area (Å²) in [6.07, 6.45) is 0. The number of para-hydroxylation sites is 1. The van der Waals surface area contributed by atoms with Gasteiger partial charge >= 0.3 is 0 Å². The van der Waals surface area contributed by atoms with Gasteiger partial charge in [0.05, 0.1) is 20.8 Å². The SMILES string of the molecule is O=[N+]([O-])c1ccc(Cl)c([N+](=O)[O-])c1.O=[N+]([O-])c1ccccc1. The molecule has 0 N–H and O–H groups in total. The lowest BCUT2D eigenvalue weighted by molar-refractivity contribution is -0.394. The summed E-state index contributed by atoms with van der Waals surface area (Å²) in [6.45, 7) is 0. The van der Waals surface area contributed by atoms with Gasteiger partial charge in [-0.25, -0.2) is 0 Å². The van der Waals surface area contributed by atoms with E-state index in [0.29, 0.717) is 0 Å². The number of nitro groups is 3. The molecule has 9 nitrogen and oxygen atoms in total. The van der Waals surface area contributed by atoms with Crippen LogP contribution in [0.3, 0.4) is 0 Å². The Balaban J connectivity index is 0.000000235. The van der Waals surface area contributed by atoms with E-state index in [2.05, 4.69) is 0 Å². The molecule has 0 aliphatic rings. The molecule has 0 amide bonds. The van der Waals surface area contributed by atoms with Crippen molar-refractivity contribution in [1.29, 1.82) is 0 Å². The minimum Gasteiger partial charge on any atom is -0.258 e. The fraction of sp³-hybridized carbons (Fsp3) is 0. The van der Waals surface area contributed by atoms with Crippen molar-refractivity contribution in [3.63, 3.8) is 0 Å². The molecule has 0 unspecified atom stereocenters. The van der Waals surface area contributed by atoms with Gasteiger partial charge in [0, 0.05) is 18.2 Å². The summed E-state index contributed by atoms with van der Waals surface area (Å²) in [5, 5.41) is 30.4. The highest BCUT2D eigenvalue weighted by atomic mass is 35.5. The van der Waals surface area contributed by atoms with Crippen LogP contribution in [0.4, 0.5) is 17.1 Å². The maximum Gasteiger partial charge on any atom is 0.294 e. The second kappa shape index (κ2) is 7.64. The van der Waals surface area contributed by atoms with Crippen LogP contribution in [0, 0.1) is 30.3 Å². The van der Waals surface area contributed by atoms with Crippen LogP contribution >= 0.6 is 11.6 Å². The molecule has 0 bridgehead atoms. The Morgan fingerprint density at radius 2 is 1.27 bits per heavy atom. The Labute approximate surface area is 128 Å². The van der Waals surface area contributed by atoms with E-state index >= 15 is 0 Å². The number of rotatable bonds is 3. The molecule has 0 heterocycles. The predicted octanol–water partition coefficient (Wildman–Crippen LogP) is 3.75. The molecule has 0 aliphatic heterocycles. The largest absolute Gasteiger partial charge is 0.294 e. The average Bonchev–Trinajstić information content (AvgIpc) is 2.48. The maximum absolute atomic E-state index is 10.3. The lowest BCUT2D eigenvalue weighted by atomic mass is 10.3. The van der Waals surface area contributed by atoms with Gasteiger partial charge in [-0.3, -0.25) is 30.3 Å². The van der Waals surface area contributed by atoms with Crippen LogP contribution in [0.25, 0.3) is 0 Å². The zero-order valence-corrected chi connectivity index (χ0v) is 11.5. The summed E-state index contributed by atoms with van der Waals surface area (Å²) in [4.78, 5) is 28.6. The van der Waals surface area contributed by atoms with Gasteiger partial charge in [-0.05, 0) is 6.07 Å². The van der Waals surface area contributed by atoms with Crippen LogP contribution < -0.4 is 0 Å². The molecule has 2 aromatic carbocycles. The molecule has 0 aliphatic carbocycles. The third kappa shape index (κ3) is 4.80. The number of nitrogens with zero attached hydrogens (tertiary/aromatic N) is 3. The monoisotopic (exact) mass is 325 g/mol. The summed E-state index contributed by atoms with van der Waals surface area (Å²) < 4.78 is 0. The smallest absolute Gasteiger partial charge is 0.258 e. The number of nitro benzene ring substituents is 3. The lowest BCUT2D eigenvalue weighted by Gasteiger charge is -1.94. The number of halogens is 1. The third-order valence-corrected chi connectivity index (χ3v) is 2.62. The van der Waals surface area contributed by atoms with Crippen LogP contribution in [0.2, 0.25) is 5.02 Å². The minimum atomic E-state index is -0.769. The van der Waals surface area contributed by atoms with E-state index < -0.39 is 20.5 Å². The van der Waals surface area contributed by atoms with Crippen molar-refractivity contribution in [3.8, 4) is 0 Å². The Hall–Kier alpha value is -3.07. The highest BCUT2D eigenvalue weighted by Crippen LogP contribution is 2.28. The molecule has 2 aromatic rings. The van der Waals surface area contributed by atoms with E-state index in [1.54, 1.807) is 18.2 Å². The number of hydrogen-bond acceptors (Lipinski definition) is 6. The highest BCUT2D eigenvalue weighted by Gasteiger charge is 2.17. The molecule has 0 radical (unpaired) electrons. The first-order valence-electron chi connectivity index (χ1n) is 5.60. The first-order valence-corrected chi connectivity index (χ1v) is 5.98. The summed E-state index contributed by atoms with van der Waals surface area (Å²) >= 11 is 5.43. The molecule has 2 rings (SSSR count). The second-order valence-electron chi connectivity index (χ2n) is 3.74. The lowest BCUT2D eigenvalue weighted by Crippen LogP contribution is -1.92. The maximum atomic E-state index is 10.3. The molecule has 0 spiro atoms. The van der Waals surface area contributed by atoms with Gasteiger partial charge in [0.1, 0.15) is 5.02 Å². The summed E-state index contributed by atoms with van der Waals surface area (Å²) in [5.41, 5.74) is -0.676. The van der Waals surface area contributed by atoms with E-state index in [1.807, 2.05) is 0 Å². The Morgan fingerprint density at radius 1 is 0.727 bits per heavy atom. The Morgan fingerprint density at radius 3 is 1.68 bits per heavy atom. The van der Waals surface area contributed by atoms with Crippen molar-refractivity contribution >= 4 is 28.7 Å². The van der Waals surface area contributed by atoms with Crippen molar-refractivity contribution < 1.29 is 14.8 Å². The van der Waals surface area contributed by atoms with E-state index in [0.717, 1.165) is 18.2 Å². The van der Waals surface area contributed by atoms with Crippen LogP contribution in [-0.4, -0.2) is 14.8 Å². The van der Waals surface area contributed by atoms with Gasteiger partial charge in [-0.1, -0.05) is 29.8 Å². The molecule has 0 saturated carbocycles. The quantitative estimate of drug-likeness (QED) is 0.624. The van der Waals surface area contributed by atoms with E-state index in [9.17, 15) is 30.3 Å². The fourth-order valence-corrected chi connectivity index (χ4v) is 1.49. The second-order valence-corrected chi connectivity index (χ2v) is 4.15. The zero-order valence-electron chi connectivity index (χ0n) is 10.8. The molecule has 114 valence electrons. The van der Waals surface area contributed by atoms with Gasteiger partial charge in [-0.15, -0.1) is 0 Å². The molecule has 22 heavy (non-hydrogen) atoms. The highest BCUT2D eigenvalue weighted by molar-refractivity contribution is 6.32. The molecule has 0 saturated heterocycles. The Bertz CT molecular complexity index is 707. The van der Waals surface area contributed by atoms with Crippen molar-refractivity contribution in [2.24, 2.45) is 0 Å². The molecule has 10 heteroatoms. The van der Waals surface area contributed by atoms with Crippen LogP contribution in [0.5, 0.6) is 0 Å². The molecular formula is C12H8ClN3O6. The van der Waals surface area contributed by atoms with Crippen LogP contribution in [-0.2, 0) is 0 Å². The van der Waals surface area contributed by atoms with Crippen LogP contribution in [0.15, 0.2) is 48.5 Å². The first-order chi connectivity index (χ1) is 10.3. The summed E-state index contributed by atoms with van der Waals surface area (Å²) in [5.74, 6) is 0. The Kier molecular flexibility index (Phi) is 5.90. The van der Waals surface area contributed by atoms with Crippen molar-refractivity contribution in [1.82, 2.24) is 0 Å². The van der Waals surface area contributed by atoms with Crippen LogP contribution in [0.1, 0.15) is 0 Å². The van der Waals surface area contributed by atoms with Crippen molar-refractivity contribution in [3.05, 3.63) is 83.9 Å². The molecule has 0 aromatic heterocycles. The standard InChI is InChI=1S/C6H3ClN2O4.C6H5NO2/c7-5-2-1-4(8(10)11)3-6(5)9(12)13;8-7(9)6-4-2-1-3-5-6/h1-3H;1-5H. The van der Waals surface area contributed by atoms with Gasteiger partial charge in [0.15, 0.2) is 0 Å². The van der Waals surface area contributed by atoms with Crippen molar-refractivity contribution in [2.45, 2.75) is 0 Å². The van der Waals surface area contributed by atoms with Gasteiger partial charge < -0.3 is 0 Å². The minimum absolute atomic E-state index is 0.115. The number of benzene rings is 2. The predicted molar refractivity (Wildman–Crippen MR) is 77.9 cm³/mol. The summed E-state index contributed by atoms with van der Waals surface area (Å²) in [6, 6.07) is 11.0. The van der Waals surface area contributed by atoms with E-state index in [4.69, 9.17) is 11.6 Å². The fourth-order valence-electron chi connectivity index (χ4n) is 1.30. The zero-order chi connectivity index (χ0) is 16.7. The van der Waals surface area contributed by atoms with E-state index in [-0.39, 0.29) is 16.4 Å². The third-order valence-electron chi connectivity index (χ3n) is 2.30. The van der Waals surface area contributed by atoms with Crippen molar-refractivity contribution in [2.75, 3.05) is 0 Å². The molecular weight excluding hydrogens is 318 g/mol. The topological polar surface area (TPSA) is 129 Å². The number of hydrogen-bond donors (Lipinski definition) is 0. The summed E-state index contributed by atoms with van der Waals surface area (Å²) in [7, 11) is 0. The molecule has 0 fully saturated rings. The van der Waals surface area contributed by atoms with E-state index in [1.165, 1.54) is 12.1 Å².